The number of allylic oxidation sites excluding steroid dienone is 2. The fourth-order valence-electron chi connectivity index (χ4n) is 5.57. The van der Waals surface area contributed by atoms with Crippen molar-refractivity contribution in [3.05, 3.63) is 12.2 Å². The first-order valence-corrected chi connectivity index (χ1v) is 15.5. The largest absolute Gasteiger partial charge is 0.444 e. The number of aliphatic hydroxyl groups is 1. The summed E-state index contributed by atoms with van der Waals surface area (Å²) in [5.41, 5.74) is -1.96. The number of fused-ring (bicyclic) bond motifs is 2. The molecule has 12 heteroatoms. The van der Waals surface area contributed by atoms with Crippen LogP contribution in [0, 0.1) is 11.3 Å². The lowest BCUT2D eigenvalue weighted by atomic mass is 9.91. The van der Waals surface area contributed by atoms with E-state index >= 15 is 0 Å². The number of hydrogen-bond acceptors (Lipinski definition) is 8. The molecule has 0 bridgehead atoms. The van der Waals surface area contributed by atoms with E-state index in [0.717, 1.165) is 19.3 Å². The van der Waals surface area contributed by atoms with E-state index in [1.165, 1.54) is 4.90 Å². The molecule has 2 saturated carbocycles. The van der Waals surface area contributed by atoms with E-state index in [9.17, 15) is 32.7 Å². The molecule has 2 heterocycles. The highest BCUT2D eigenvalue weighted by molar-refractivity contribution is 7.90. The molecule has 3 N–H and O–H groups in total. The smallest absolute Gasteiger partial charge is 0.408 e. The second-order valence-corrected chi connectivity index (χ2v) is 14.4. The number of aliphatic hydroxyl groups excluding tert-OH is 1. The van der Waals surface area contributed by atoms with Gasteiger partial charge in [-0.05, 0) is 65.2 Å². The Kier molecular flexibility index (Phi) is 8.47. The molecule has 0 aromatic rings. The van der Waals surface area contributed by atoms with Gasteiger partial charge >= 0.3 is 6.09 Å². The van der Waals surface area contributed by atoms with E-state index in [2.05, 4.69) is 10.0 Å². The van der Waals surface area contributed by atoms with Crippen molar-refractivity contribution in [3.63, 3.8) is 0 Å². The van der Waals surface area contributed by atoms with E-state index in [-0.39, 0.29) is 25.3 Å². The fourth-order valence-corrected chi connectivity index (χ4v) is 6.95. The van der Waals surface area contributed by atoms with Gasteiger partial charge in [0, 0.05) is 19.4 Å². The maximum absolute atomic E-state index is 13.7. The molecule has 2 aliphatic heterocycles. The number of ether oxygens (including phenoxy) is 1. The summed E-state index contributed by atoms with van der Waals surface area (Å²) >= 11 is 0. The molecular formula is C27H41N3O8S. The van der Waals surface area contributed by atoms with E-state index in [1.54, 1.807) is 20.8 Å². The molecule has 0 radical (unpaired) electrons. The van der Waals surface area contributed by atoms with E-state index in [4.69, 9.17) is 4.74 Å². The fraction of sp³-hybridized carbons (Fsp3) is 0.778. The lowest BCUT2D eigenvalue weighted by molar-refractivity contribution is -0.140. The van der Waals surface area contributed by atoms with E-state index in [0.29, 0.717) is 32.1 Å². The van der Waals surface area contributed by atoms with Crippen molar-refractivity contribution >= 4 is 33.7 Å². The van der Waals surface area contributed by atoms with Gasteiger partial charge in [0.1, 0.15) is 11.6 Å². The van der Waals surface area contributed by atoms with Crippen LogP contribution in [0.5, 0.6) is 0 Å². The van der Waals surface area contributed by atoms with Gasteiger partial charge < -0.3 is 20.1 Å². The van der Waals surface area contributed by atoms with Crippen LogP contribution in [-0.4, -0.2) is 77.7 Å². The van der Waals surface area contributed by atoms with Gasteiger partial charge in [-0.15, -0.1) is 0 Å². The number of nitrogens with zero attached hydrogens (tertiary/aromatic N) is 1. The minimum absolute atomic E-state index is 0.0162. The van der Waals surface area contributed by atoms with Gasteiger partial charge in [-0.25, -0.2) is 13.2 Å². The summed E-state index contributed by atoms with van der Waals surface area (Å²) in [7, 11) is -3.79. The summed E-state index contributed by atoms with van der Waals surface area (Å²) in [6.07, 6.45) is 6.70. The van der Waals surface area contributed by atoms with Crippen LogP contribution in [0.2, 0.25) is 0 Å². The van der Waals surface area contributed by atoms with Gasteiger partial charge in [-0.2, -0.15) is 0 Å². The van der Waals surface area contributed by atoms with Gasteiger partial charge in [0.25, 0.3) is 0 Å². The third-order valence-corrected chi connectivity index (χ3v) is 9.75. The number of carbonyl (C=O) groups is 4. The van der Waals surface area contributed by atoms with Crippen molar-refractivity contribution in [1.82, 2.24) is 14.9 Å². The monoisotopic (exact) mass is 567 g/mol. The zero-order chi connectivity index (χ0) is 28.6. The quantitative estimate of drug-likeness (QED) is 0.435. The van der Waals surface area contributed by atoms with Crippen LogP contribution in [0.4, 0.5) is 4.79 Å². The molecule has 0 unspecified atom stereocenters. The Morgan fingerprint density at radius 2 is 1.85 bits per heavy atom. The molecule has 11 nitrogen and oxygen atoms in total. The van der Waals surface area contributed by atoms with Crippen LogP contribution in [-0.2, 0) is 29.1 Å². The number of ketones is 1. The van der Waals surface area contributed by atoms with Crippen LogP contribution >= 0.6 is 0 Å². The summed E-state index contributed by atoms with van der Waals surface area (Å²) in [4.78, 5) is 54.4. The molecule has 4 rings (SSSR count). The molecule has 2 aliphatic carbocycles. The Hall–Kier alpha value is -2.47. The highest BCUT2D eigenvalue weighted by atomic mass is 32.2. The Morgan fingerprint density at radius 1 is 1.13 bits per heavy atom. The maximum Gasteiger partial charge on any atom is 0.408 e. The van der Waals surface area contributed by atoms with Crippen LogP contribution in [0.1, 0.15) is 85.0 Å². The molecule has 0 aromatic heterocycles. The predicted octanol–water partition coefficient (Wildman–Crippen LogP) is 1.94. The maximum atomic E-state index is 13.7. The molecule has 0 aromatic carbocycles. The van der Waals surface area contributed by atoms with Crippen LogP contribution in [0.3, 0.4) is 0 Å². The zero-order valence-corrected chi connectivity index (χ0v) is 23.8. The third-order valence-electron chi connectivity index (χ3n) is 7.93. The number of nitrogens with one attached hydrogen (secondary N) is 2. The number of sulfonamides is 1. The lowest BCUT2D eigenvalue weighted by Crippen LogP contribution is -2.53. The van der Waals surface area contributed by atoms with Crippen LogP contribution in [0.15, 0.2) is 12.2 Å². The number of hydrogen-bond donors (Lipinski definition) is 3. The normalized spacial score (nSPS) is 33.2. The second kappa shape index (κ2) is 11.2. The molecule has 1 saturated heterocycles. The molecule has 3 fully saturated rings. The molecule has 4 aliphatic rings. The average molecular weight is 568 g/mol. The standard InChI is InChI=1S/C27H41N3O8S/c1-26(2,3)38-25(35)28-20-10-8-6-4-5-7-9-17-14-27(17,24(34)29-39(36,37)19-11-12-19)15-22(32)21-13-18(31)16-30(21)23(20)33/h7,9,17-21,31H,4-6,8,10-16H2,1-3H3,(H,28,35)(H,29,34)/b9-7-/t17-,18+,20-,21-,27+/m0/s1. The first-order valence-electron chi connectivity index (χ1n) is 14.0. The Morgan fingerprint density at radius 3 is 2.51 bits per heavy atom. The molecular weight excluding hydrogens is 526 g/mol. The van der Waals surface area contributed by atoms with Crippen LogP contribution < -0.4 is 10.0 Å². The van der Waals surface area contributed by atoms with Gasteiger partial charge in [-0.1, -0.05) is 25.0 Å². The highest BCUT2D eigenvalue weighted by Gasteiger charge is 2.61. The number of alkyl carbamates (subject to hydrolysis) is 1. The zero-order valence-electron chi connectivity index (χ0n) is 23.0. The van der Waals surface area contributed by atoms with Crippen molar-refractivity contribution in [2.24, 2.45) is 11.3 Å². The van der Waals surface area contributed by atoms with Gasteiger partial charge in [0.15, 0.2) is 5.78 Å². The van der Waals surface area contributed by atoms with Crippen molar-refractivity contribution < 1.29 is 37.4 Å². The minimum atomic E-state index is -3.79. The first kappa shape index (κ1) is 29.5. The van der Waals surface area contributed by atoms with E-state index in [1.807, 2.05) is 12.2 Å². The third kappa shape index (κ3) is 7.19. The average Bonchev–Trinajstić information content (AvgIpc) is 3.73. The van der Waals surface area contributed by atoms with Gasteiger partial charge in [0.2, 0.25) is 21.8 Å². The second-order valence-electron chi connectivity index (χ2n) is 12.4. The van der Waals surface area contributed by atoms with Crippen molar-refractivity contribution in [2.45, 2.75) is 114 Å². The van der Waals surface area contributed by atoms with Gasteiger partial charge in [-0.3, -0.25) is 19.1 Å². The summed E-state index contributed by atoms with van der Waals surface area (Å²) in [5, 5.41) is 12.5. The van der Waals surface area contributed by atoms with Crippen molar-refractivity contribution in [2.75, 3.05) is 6.54 Å². The number of amides is 3. The highest BCUT2D eigenvalue weighted by Crippen LogP contribution is 2.57. The SMILES string of the molecule is CC(C)(C)OC(=O)N[C@H]1CCCCC/C=C\[C@H]2C[C@@]2(C(=O)NS(=O)(=O)C2CC2)CC(=O)[C@@H]2C[C@@H](O)CN2C1=O. The molecule has 0 spiro atoms. The first-order chi connectivity index (χ1) is 18.2. The lowest BCUT2D eigenvalue weighted by Gasteiger charge is -2.30. The number of Topliss-reactive ketones (excluding diaryl/α,β-unsaturated/α-hetero) is 1. The van der Waals surface area contributed by atoms with E-state index < -0.39 is 68.2 Å². The number of carbonyl (C=O) groups excluding carboxylic acids is 4. The predicted molar refractivity (Wildman–Crippen MR) is 142 cm³/mol. The topological polar surface area (TPSA) is 159 Å². The minimum Gasteiger partial charge on any atom is -0.444 e. The molecule has 3 amide bonds. The van der Waals surface area contributed by atoms with Gasteiger partial charge in [0.05, 0.1) is 22.8 Å². The Labute approximate surface area is 230 Å². The molecule has 218 valence electrons. The Balaban J connectivity index is 1.57. The van der Waals surface area contributed by atoms with Crippen LogP contribution in [0.25, 0.3) is 0 Å². The Bertz CT molecular complexity index is 1130. The summed E-state index contributed by atoms with van der Waals surface area (Å²) in [5.74, 6) is -1.84. The van der Waals surface area contributed by atoms with Crippen molar-refractivity contribution in [1.29, 1.82) is 0 Å². The summed E-state index contributed by atoms with van der Waals surface area (Å²) in [6, 6.07) is -1.91. The summed E-state index contributed by atoms with van der Waals surface area (Å²) < 4.78 is 32.6. The molecule has 39 heavy (non-hydrogen) atoms. The summed E-state index contributed by atoms with van der Waals surface area (Å²) in [6.45, 7) is 5.09. The van der Waals surface area contributed by atoms with Crippen molar-refractivity contribution in [3.8, 4) is 0 Å². The molecule has 5 atom stereocenters. The number of rotatable bonds is 4.